The molecule has 1 fully saturated rings. The van der Waals surface area contributed by atoms with Crippen LogP contribution in [0.15, 0.2) is 18.2 Å². The number of benzene rings is 1. The van der Waals surface area contributed by atoms with Gasteiger partial charge in [0, 0.05) is 12.0 Å². The Hall–Kier alpha value is -1.06. The Bertz CT molecular complexity index is 597. The Balaban J connectivity index is 2.20. The van der Waals surface area contributed by atoms with Crippen molar-refractivity contribution in [2.24, 2.45) is 0 Å². The lowest BCUT2D eigenvalue weighted by Crippen LogP contribution is -2.39. The van der Waals surface area contributed by atoms with Crippen molar-refractivity contribution in [1.29, 1.82) is 0 Å². The topological polar surface area (TPSA) is 29.9 Å². The number of nitrogens with zero attached hydrogens (tertiary/aromatic N) is 2. The summed E-state index contributed by atoms with van der Waals surface area (Å²) in [6.07, 6.45) is 2.27. The van der Waals surface area contributed by atoms with Crippen molar-refractivity contribution in [2.45, 2.75) is 38.6 Å². The minimum atomic E-state index is 0.156. The third-order valence-electron chi connectivity index (χ3n) is 4.28. The largest absolute Gasteiger partial charge is 0.327 e. The molecule has 1 aliphatic heterocycles. The highest BCUT2D eigenvalue weighted by atomic mass is 35.5. The van der Waals surface area contributed by atoms with Gasteiger partial charge in [0.2, 0.25) is 0 Å². The molecule has 0 unspecified atom stereocenters. The molecule has 2 aromatic rings. The minimum absolute atomic E-state index is 0.156. The molecule has 102 valence electrons. The molecular formula is C15H20ClN3. The molecule has 0 spiro atoms. The lowest BCUT2D eigenvalue weighted by Gasteiger charge is -2.33. The summed E-state index contributed by atoms with van der Waals surface area (Å²) in [5.41, 5.74) is 2.26. The van der Waals surface area contributed by atoms with E-state index in [1.807, 2.05) is 12.1 Å². The Kier molecular flexibility index (Phi) is 3.27. The van der Waals surface area contributed by atoms with Gasteiger partial charge in [0.1, 0.15) is 5.82 Å². The number of piperidine rings is 1. The van der Waals surface area contributed by atoms with Gasteiger partial charge in [-0.3, -0.25) is 0 Å². The molecule has 0 amide bonds. The van der Waals surface area contributed by atoms with Crippen molar-refractivity contribution in [1.82, 2.24) is 14.9 Å². The van der Waals surface area contributed by atoms with E-state index >= 15 is 0 Å². The normalized spacial score (nSPS) is 18.9. The Morgan fingerprint density at radius 2 is 2.11 bits per heavy atom. The van der Waals surface area contributed by atoms with Crippen molar-refractivity contribution >= 4 is 22.6 Å². The summed E-state index contributed by atoms with van der Waals surface area (Å²) in [6, 6.07) is 5.99. The number of nitrogens with one attached hydrogen (secondary N) is 1. The number of rotatable bonds is 2. The van der Waals surface area contributed by atoms with Crippen molar-refractivity contribution in [2.75, 3.05) is 13.1 Å². The van der Waals surface area contributed by atoms with Crippen LogP contribution in [-0.2, 0) is 12.0 Å². The summed E-state index contributed by atoms with van der Waals surface area (Å²) in [6.45, 7) is 7.54. The van der Waals surface area contributed by atoms with Gasteiger partial charge in [-0.15, -0.1) is 0 Å². The molecule has 2 heterocycles. The molecule has 3 nitrogen and oxygen atoms in total. The quantitative estimate of drug-likeness (QED) is 0.912. The number of aryl methyl sites for hydroxylation is 1. The van der Waals surface area contributed by atoms with E-state index < -0.39 is 0 Å². The highest BCUT2D eigenvalue weighted by Gasteiger charge is 2.33. The molecule has 1 aromatic heterocycles. The standard InChI is InChI=1S/C15H20ClN3/c1-3-19-13-11(16)5-4-6-12(13)18-14(19)15(2)7-9-17-10-8-15/h4-6,17H,3,7-10H2,1-2H3. The maximum absolute atomic E-state index is 6.37. The van der Waals surface area contributed by atoms with E-state index in [-0.39, 0.29) is 5.41 Å². The molecule has 3 rings (SSSR count). The van der Waals surface area contributed by atoms with E-state index in [0.717, 1.165) is 48.5 Å². The molecule has 1 N–H and O–H groups in total. The van der Waals surface area contributed by atoms with Crippen LogP contribution in [0.2, 0.25) is 5.02 Å². The first-order valence-corrected chi connectivity index (χ1v) is 7.39. The fraction of sp³-hybridized carbons (Fsp3) is 0.533. The highest BCUT2D eigenvalue weighted by molar-refractivity contribution is 6.35. The van der Waals surface area contributed by atoms with E-state index in [1.165, 1.54) is 5.82 Å². The lowest BCUT2D eigenvalue weighted by atomic mass is 9.80. The van der Waals surface area contributed by atoms with Crippen LogP contribution in [0.5, 0.6) is 0 Å². The van der Waals surface area contributed by atoms with Gasteiger partial charge in [0.25, 0.3) is 0 Å². The summed E-state index contributed by atoms with van der Waals surface area (Å²) in [5, 5.41) is 4.23. The maximum Gasteiger partial charge on any atom is 0.115 e. The lowest BCUT2D eigenvalue weighted by molar-refractivity contribution is 0.310. The summed E-state index contributed by atoms with van der Waals surface area (Å²) < 4.78 is 2.29. The van der Waals surface area contributed by atoms with Gasteiger partial charge in [0.05, 0.1) is 16.1 Å². The average molecular weight is 278 g/mol. The molecular weight excluding hydrogens is 258 g/mol. The van der Waals surface area contributed by atoms with Gasteiger partial charge >= 0.3 is 0 Å². The molecule has 1 aliphatic rings. The molecule has 0 bridgehead atoms. The number of para-hydroxylation sites is 1. The van der Waals surface area contributed by atoms with Gasteiger partial charge in [-0.05, 0) is 45.0 Å². The van der Waals surface area contributed by atoms with Crippen LogP contribution >= 0.6 is 11.6 Å². The summed E-state index contributed by atoms with van der Waals surface area (Å²) >= 11 is 6.37. The summed E-state index contributed by atoms with van der Waals surface area (Å²) in [7, 11) is 0. The average Bonchev–Trinajstić information content (AvgIpc) is 2.80. The molecule has 0 aliphatic carbocycles. The second-order valence-corrected chi connectivity index (χ2v) is 6.01. The molecule has 4 heteroatoms. The second-order valence-electron chi connectivity index (χ2n) is 5.60. The second kappa shape index (κ2) is 4.80. The van der Waals surface area contributed by atoms with E-state index in [9.17, 15) is 0 Å². The summed E-state index contributed by atoms with van der Waals surface area (Å²) in [5.74, 6) is 1.19. The Morgan fingerprint density at radius 1 is 1.37 bits per heavy atom. The number of hydrogen-bond donors (Lipinski definition) is 1. The zero-order chi connectivity index (χ0) is 13.5. The smallest absolute Gasteiger partial charge is 0.115 e. The van der Waals surface area contributed by atoms with E-state index in [4.69, 9.17) is 16.6 Å². The molecule has 0 saturated carbocycles. The van der Waals surface area contributed by atoms with Gasteiger partial charge in [-0.25, -0.2) is 4.98 Å². The van der Waals surface area contributed by atoms with Crippen molar-refractivity contribution < 1.29 is 0 Å². The van der Waals surface area contributed by atoms with Crippen molar-refractivity contribution in [3.8, 4) is 0 Å². The van der Waals surface area contributed by atoms with Gasteiger partial charge in [0.15, 0.2) is 0 Å². The van der Waals surface area contributed by atoms with Crippen LogP contribution in [0.1, 0.15) is 32.5 Å². The zero-order valence-electron chi connectivity index (χ0n) is 11.5. The first-order chi connectivity index (χ1) is 9.15. The fourth-order valence-electron chi connectivity index (χ4n) is 3.11. The number of aromatic nitrogens is 2. The van der Waals surface area contributed by atoms with Crippen LogP contribution in [-0.4, -0.2) is 22.6 Å². The fourth-order valence-corrected chi connectivity index (χ4v) is 3.38. The molecule has 1 aromatic carbocycles. The Labute approximate surface area is 119 Å². The van der Waals surface area contributed by atoms with Crippen LogP contribution < -0.4 is 5.32 Å². The number of halogens is 1. The first kappa shape index (κ1) is 12.9. The van der Waals surface area contributed by atoms with Crippen LogP contribution in [0.3, 0.4) is 0 Å². The molecule has 19 heavy (non-hydrogen) atoms. The molecule has 1 saturated heterocycles. The summed E-state index contributed by atoms with van der Waals surface area (Å²) in [4.78, 5) is 4.89. The van der Waals surface area contributed by atoms with Crippen LogP contribution in [0.4, 0.5) is 0 Å². The number of imidazole rings is 1. The van der Waals surface area contributed by atoms with E-state index in [1.54, 1.807) is 0 Å². The predicted molar refractivity (Wildman–Crippen MR) is 79.9 cm³/mol. The van der Waals surface area contributed by atoms with Crippen LogP contribution in [0, 0.1) is 0 Å². The minimum Gasteiger partial charge on any atom is -0.327 e. The van der Waals surface area contributed by atoms with E-state index in [2.05, 4.69) is 29.8 Å². The maximum atomic E-state index is 6.37. The third-order valence-corrected chi connectivity index (χ3v) is 4.59. The number of hydrogen-bond acceptors (Lipinski definition) is 2. The van der Waals surface area contributed by atoms with Crippen LogP contribution in [0.25, 0.3) is 11.0 Å². The van der Waals surface area contributed by atoms with Gasteiger partial charge in [-0.2, -0.15) is 0 Å². The number of fused-ring (bicyclic) bond motifs is 1. The third kappa shape index (κ3) is 2.05. The SMILES string of the molecule is CCn1c(C2(C)CCNCC2)nc2cccc(Cl)c21. The van der Waals surface area contributed by atoms with Crippen molar-refractivity contribution in [3.05, 3.63) is 29.0 Å². The predicted octanol–water partition coefficient (Wildman–Crippen LogP) is 3.35. The molecule has 0 radical (unpaired) electrons. The molecule has 0 atom stereocenters. The highest BCUT2D eigenvalue weighted by Crippen LogP contribution is 2.35. The Morgan fingerprint density at radius 3 is 2.79 bits per heavy atom. The monoisotopic (exact) mass is 277 g/mol. The van der Waals surface area contributed by atoms with Gasteiger partial charge in [-0.1, -0.05) is 24.6 Å². The van der Waals surface area contributed by atoms with Gasteiger partial charge < -0.3 is 9.88 Å². The first-order valence-electron chi connectivity index (χ1n) is 7.01. The van der Waals surface area contributed by atoms with E-state index in [0.29, 0.717) is 0 Å². The zero-order valence-corrected chi connectivity index (χ0v) is 12.3. The van der Waals surface area contributed by atoms with Crippen molar-refractivity contribution in [3.63, 3.8) is 0 Å².